The van der Waals surface area contributed by atoms with E-state index in [1.807, 2.05) is 26.8 Å². The van der Waals surface area contributed by atoms with Gasteiger partial charge >= 0.3 is 6.09 Å². The van der Waals surface area contributed by atoms with E-state index in [4.69, 9.17) is 9.47 Å². The van der Waals surface area contributed by atoms with Gasteiger partial charge in [-0.2, -0.15) is 0 Å². The Kier molecular flexibility index (Phi) is 4.60. The van der Waals surface area contributed by atoms with Crippen LogP contribution < -0.4 is 5.32 Å². The molecule has 1 fully saturated rings. The van der Waals surface area contributed by atoms with E-state index in [1.165, 1.54) is 0 Å². The Bertz CT molecular complexity index is 484. The lowest BCUT2D eigenvalue weighted by Crippen LogP contribution is -2.59. The molecule has 116 valence electrons. The Balaban J connectivity index is 1.91. The van der Waals surface area contributed by atoms with Gasteiger partial charge in [0.05, 0.1) is 0 Å². The fourth-order valence-electron chi connectivity index (χ4n) is 2.10. The molecule has 0 saturated carbocycles. The van der Waals surface area contributed by atoms with Crippen LogP contribution in [0, 0.1) is 11.8 Å². The molecular formula is C16H24N2O3. The zero-order chi connectivity index (χ0) is 15.5. The van der Waals surface area contributed by atoms with E-state index in [-0.39, 0.29) is 11.7 Å². The smallest absolute Gasteiger partial charge is 0.410 e. The van der Waals surface area contributed by atoms with Gasteiger partial charge in [0.15, 0.2) is 5.60 Å². The van der Waals surface area contributed by atoms with Crippen LogP contribution in [-0.4, -0.2) is 55.5 Å². The summed E-state index contributed by atoms with van der Waals surface area (Å²) in [5.41, 5.74) is 0.282. The molecule has 0 aliphatic carbocycles. The summed E-state index contributed by atoms with van der Waals surface area (Å²) in [6.45, 7) is 8.36. The second-order valence-corrected chi connectivity index (χ2v) is 6.46. The van der Waals surface area contributed by atoms with Crippen molar-refractivity contribution in [1.82, 2.24) is 10.2 Å². The van der Waals surface area contributed by atoms with Gasteiger partial charge in [0.2, 0.25) is 0 Å². The summed E-state index contributed by atoms with van der Waals surface area (Å²) in [5, 5.41) is 3.17. The Morgan fingerprint density at radius 2 is 2.14 bits per heavy atom. The fraction of sp³-hybridized carbons (Fsp3) is 0.688. The van der Waals surface area contributed by atoms with E-state index < -0.39 is 5.60 Å². The van der Waals surface area contributed by atoms with Gasteiger partial charge in [0.1, 0.15) is 5.60 Å². The van der Waals surface area contributed by atoms with Crippen molar-refractivity contribution in [3.05, 3.63) is 11.6 Å². The largest absolute Gasteiger partial charge is 0.444 e. The molecule has 2 heterocycles. The van der Waals surface area contributed by atoms with E-state index in [0.717, 1.165) is 25.1 Å². The molecule has 2 aliphatic heterocycles. The predicted molar refractivity (Wildman–Crippen MR) is 80.9 cm³/mol. The Morgan fingerprint density at radius 3 is 2.57 bits per heavy atom. The summed E-state index contributed by atoms with van der Waals surface area (Å²) in [4.78, 5) is 13.7. The van der Waals surface area contributed by atoms with Crippen molar-refractivity contribution in [3.63, 3.8) is 0 Å². The number of carbonyl (C=O) groups is 1. The Hall–Kier alpha value is -1.51. The normalized spacial score (nSPS) is 20.8. The van der Waals surface area contributed by atoms with Crippen LogP contribution in [0.25, 0.3) is 0 Å². The van der Waals surface area contributed by atoms with E-state index in [9.17, 15) is 4.79 Å². The third-order valence-electron chi connectivity index (χ3n) is 3.52. The van der Waals surface area contributed by atoms with Gasteiger partial charge in [0.25, 0.3) is 0 Å². The molecule has 0 atom stereocenters. The minimum absolute atomic E-state index is 0.262. The maximum absolute atomic E-state index is 11.9. The van der Waals surface area contributed by atoms with Gasteiger partial charge in [-0.25, -0.2) is 4.79 Å². The highest BCUT2D eigenvalue weighted by molar-refractivity contribution is 5.68. The first-order chi connectivity index (χ1) is 9.84. The van der Waals surface area contributed by atoms with Crippen molar-refractivity contribution in [1.29, 1.82) is 0 Å². The van der Waals surface area contributed by atoms with Crippen molar-refractivity contribution in [2.24, 2.45) is 0 Å². The van der Waals surface area contributed by atoms with E-state index >= 15 is 0 Å². The monoisotopic (exact) mass is 292 g/mol. The van der Waals surface area contributed by atoms with Gasteiger partial charge in [-0.3, -0.25) is 0 Å². The summed E-state index contributed by atoms with van der Waals surface area (Å²) < 4.78 is 10.8. The molecule has 5 nitrogen and oxygen atoms in total. The molecule has 2 rings (SSSR count). The quantitative estimate of drug-likeness (QED) is 0.745. The molecule has 5 heteroatoms. The third-order valence-corrected chi connectivity index (χ3v) is 3.52. The number of ether oxygens (including phenoxy) is 2. The van der Waals surface area contributed by atoms with Crippen LogP contribution >= 0.6 is 0 Å². The number of nitrogens with one attached hydrogen (secondary N) is 1. The van der Waals surface area contributed by atoms with Crippen LogP contribution in [0.3, 0.4) is 0 Å². The summed E-state index contributed by atoms with van der Waals surface area (Å²) in [5.74, 6) is 6.39. The maximum atomic E-state index is 11.9. The van der Waals surface area contributed by atoms with Crippen LogP contribution in [-0.2, 0) is 9.47 Å². The number of rotatable bonds is 1. The van der Waals surface area contributed by atoms with Crippen molar-refractivity contribution in [2.45, 2.75) is 38.4 Å². The number of nitrogens with zero attached hydrogens (tertiary/aromatic N) is 1. The molecule has 0 aromatic rings. The average molecular weight is 292 g/mol. The number of hydrogen-bond donors (Lipinski definition) is 1. The van der Waals surface area contributed by atoms with E-state index in [0.29, 0.717) is 13.1 Å². The zero-order valence-corrected chi connectivity index (χ0v) is 13.3. The SMILES string of the molecule is COC1(C#CC2=CCN(C(=O)OC(C)(C)C)CC2)CNC1. The van der Waals surface area contributed by atoms with Crippen LogP contribution in [0.2, 0.25) is 0 Å². The van der Waals surface area contributed by atoms with Gasteiger partial charge in [0, 0.05) is 38.9 Å². The second kappa shape index (κ2) is 6.08. The van der Waals surface area contributed by atoms with Crippen LogP contribution in [0.15, 0.2) is 11.6 Å². The number of methoxy groups -OCH3 is 1. The highest BCUT2D eigenvalue weighted by Gasteiger charge is 2.35. The Labute approximate surface area is 126 Å². The highest BCUT2D eigenvalue weighted by Crippen LogP contribution is 2.17. The second-order valence-electron chi connectivity index (χ2n) is 6.46. The molecule has 0 bridgehead atoms. The topological polar surface area (TPSA) is 50.8 Å². The van der Waals surface area contributed by atoms with Crippen LogP contribution in [0.1, 0.15) is 27.2 Å². The highest BCUT2D eigenvalue weighted by atomic mass is 16.6. The molecule has 0 spiro atoms. The van der Waals surface area contributed by atoms with E-state index in [2.05, 4.69) is 17.2 Å². The Morgan fingerprint density at radius 1 is 1.43 bits per heavy atom. The van der Waals surface area contributed by atoms with Crippen LogP contribution in [0.5, 0.6) is 0 Å². The molecule has 0 radical (unpaired) electrons. The molecular weight excluding hydrogens is 268 g/mol. The van der Waals surface area contributed by atoms with Crippen molar-refractivity contribution >= 4 is 6.09 Å². The molecule has 2 aliphatic rings. The molecule has 0 aromatic carbocycles. The standard InChI is InChI=1S/C16H24N2O3/c1-15(2,3)21-14(19)18-9-6-13(7-10-18)5-8-16(20-4)11-17-12-16/h6,17H,7,9-12H2,1-4H3. The first kappa shape index (κ1) is 15.9. The van der Waals surface area contributed by atoms with Crippen LogP contribution in [0.4, 0.5) is 4.79 Å². The van der Waals surface area contributed by atoms with Crippen molar-refractivity contribution < 1.29 is 14.3 Å². The summed E-state index contributed by atoms with van der Waals surface area (Å²) >= 11 is 0. The lowest BCUT2D eigenvalue weighted by atomic mass is 9.96. The maximum Gasteiger partial charge on any atom is 0.410 e. The average Bonchev–Trinajstić information content (AvgIpc) is 2.36. The molecule has 0 aromatic heterocycles. The minimum Gasteiger partial charge on any atom is -0.444 e. The zero-order valence-electron chi connectivity index (χ0n) is 13.3. The lowest BCUT2D eigenvalue weighted by Gasteiger charge is -2.36. The molecule has 21 heavy (non-hydrogen) atoms. The molecule has 1 saturated heterocycles. The molecule has 1 N–H and O–H groups in total. The van der Waals surface area contributed by atoms with Crippen molar-refractivity contribution in [2.75, 3.05) is 33.3 Å². The predicted octanol–water partition coefficient (Wildman–Crippen LogP) is 1.55. The number of carbonyl (C=O) groups excluding carboxylic acids is 1. The first-order valence-electron chi connectivity index (χ1n) is 7.30. The van der Waals surface area contributed by atoms with E-state index in [1.54, 1.807) is 12.0 Å². The summed E-state index contributed by atoms with van der Waals surface area (Å²) in [6, 6.07) is 0. The fourth-order valence-corrected chi connectivity index (χ4v) is 2.10. The number of hydrogen-bond acceptors (Lipinski definition) is 4. The summed E-state index contributed by atoms with van der Waals surface area (Å²) in [7, 11) is 1.69. The van der Waals surface area contributed by atoms with Gasteiger partial charge in [-0.05, 0) is 27.2 Å². The lowest BCUT2D eigenvalue weighted by molar-refractivity contribution is -0.00126. The number of amides is 1. The summed E-state index contributed by atoms with van der Waals surface area (Å²) in [6.07, 6.45) is 2.50. The van der Waals surface area contributed by atoms with Gasteiger partial charge < -0.3 is 19.7 Å². The van der Waals surface area contributed by atoms with Gasteiger partial charge in [-0.15, -0.1) is 0 Å². The van der Waals surface area contributed by atoms with Gasteiger partial charge in [-0.1, -0.05) is 17.9 Å². The first-order valence-corrected chi connectivity index (χ1v) is 7.30. The molecule has 0 unspecified atom stereocenters. The molecule has 1 amide bonds. The third kappa shape index (κ3) is 4.23. The van der Waals surface area contributed by atoms with Crippen molar-refractivity contribution in [3.8, 4) is 11.8 Å². The minimum atomic E-state index is -0.455.